The van der Waals surface area contributed by atoms with E-state index >= 15 is 0 Å². The zero-order valence-corrected chi connectivity index (χ0v) is 6.41. The molecule has 0 saturated heterocycles. The van der Waals surface area contributed by atoms with Gasteiger partial charge in [0, 0.05) is 0 Å². The van der Waals surface area contributed by atoms with E-state index in [0.717, 1.165) is 0 Å². The summed E-state index contributed by atoms with van der Waals surface area (Å²) in [6.07, 6.45) is 0.592. The highest BCUT2D eigenvalue weighted by atomic mass is 35.6. The van der Waals surface area contributed by atoms with Crippen molar-refractivity contribution in [1.82, 2.24) is 5.48 Å². The summed E-state index contributed by atoms with van der Waals surface area (Å²) in [7, 11) is 0. The van der Waals surface area contributed by atoms with Crippen molar-refractivity contribution in [3.05, 3.63) is 0 Å². The van der Waals surface area contributed by atoms with Gasteiger partial charge in [0.05, 0.1) is 0 Å². The van der Waals surface area contributed by atoms with Crippen LogP contribution in [0.2, 0.25) is 0 Å². The second-order valence-corrected chi connectivity index (χ2v) is 3.78. The Labute approximate surface area is 66.9 Å². The summed E-state index contributed by atoms with van der Waals surface area (Å²) < 4.78 is -1.49. The lowest BCUT2D eigenvalue weighted by Gasteiger charge is -2.13. The third-order valence-corrected chi connectivity index (χ3v) is 1.28. The lowest BCUT2D eigenvalue weighted by Crippen LogP contribution is -2.25. The molecule has 9 heavy (non-hydrogen) atoms. The maximum Gasteiger partial charge on any atom is 0.239 e. The van der Waals surface area contributed by atoms with Crippen molar-refractivity contribution in [3.8, 4) is 0 Å². The molecule has 1 unspecified atom stereocenters. The Balaban J connectivity index is 2.53. The average Bonchev–Trinajstić information content (AvgIpc) is 2.08. The summed E-state index contributed by atoms with van der Waals surface area (Å²) in [4.78, 5) is 8.30. The summed E-state index contributed by atoms with van der Waals surface area (Å²) >= 11 is 16.2. The van der Waals surface area contributed by atoms with Gasteiger partial charge in [0.15, 0.2) is 0 Å². The van der Waals surface area contributed by atoms with Crippen LogP contribution in [-0.2, 0) is 4.84 Å². The van der Waals surface area contributed by atoms with Gasteiger partial charge in [0.25, 0.3) is 0 Å². The number of alkyl halides is 3. The Morgan fingerprint density at radius 2 is 2.22 bits per heavy atom. The molecule has 52 valence electrons. The summed E-state index contributed by atoms with van der Waals surface area (Å²) in [5, 5.41) is 0. The molecule has 0 fully saturated rings. The van der Waals surface area contributed by atoms with Crippen LogP contribution in [0.3, 0.4) is 0 Å². The second-order valence-electron chi connectivity index (χ2n) is 1.41. The van der Waals surface area contributed by atoms with E-state index in [9.17, 15) is 0 Å². The molecule has 1 atom stereocenters. The number of nitrogens with zero attached hydrogens (tertiary/aromatic N) is 1. The Bertz CT molecular complexity index is 132. The van der Waals surface area contributed by atoms with E-state index in [1.54, 1.807) is 0 Å². The number of rotatable bonds is 0. The van der Waals surface area contributed by atoms with Crippen LogP contribution in [0.25, 0.3) is 0 Å². The first-order valence-electron chi connectivity index (χ1n) is 2.10. The molecule has 1 rings (SSSR count). The number of hydrogen-bond donors (Lipinski definition) is 1. The molecular weight excluding hydrogens is 186 g/mol. The first-order valence-corrected chi connectivity index (χ1v) is 3.23. The summed E-state index contributed by atoms with van der Waals surface area (Å²) in [5.41, 5.74) is 2.33. The van der Waals surface area contributed by atoms with Crippen LogP contribution < -0.4 is 5.48 Å². The molecule has 3 nitrogen and oxygen atoms in total. The fraction of sp³-hybridized carbons (Fsp3) is 0.667. The zero-order valence-electron chi connectivity index (χ0n) is 4.14. The lowest BCUT2D eigenvalue weighted by atomic mass is 10.7. The fourth-order valence-electron chi connectivity index (χ4n) is 0.375. The van der Waals surface area contributed by atoms with Gasteiger partial charge in [0.2, 0.25) is 10.0 Å². The van der Waals surface area contributed by atoms with Crippen LogP contribution >= 0.6 is 34.8 Å². The zero-order chi connectivity index (χ0) is 6.91. The van der Waals surface area contributed by atoms with Crippen LogP contribution in [0, 0.1) is 0 Å². The first kappa shape index (κ1) is 7.41. The molecule has 0 bridgehead atoms. The Kier molecular flexibility index (Phi) is 2.06. The topological polar surface area (TPSA) is 33.6 Å². The molecule has 0 radical (unpaired) electrons. The molecule has 0 aromatic carbocycles. The van der Waals surface area contributed by atoms with Crippen LogP contribution in [0.5, 0.6) is 0 Å². The number of halogens is 3. The second kappa shape index (κ2) is 2.50. The Hall–Kier alpha value is 0.300. The van der Waals surface area contributed by atoms with Crippen LogP contribution in [-0.4, -0.2) is 16.4 Å². The van der Waals surface area contributed by atoms with Crippen molar-refractivity contribution in [2.45, 2.75) is 10.0 Å². The van der Waals surface area contributed by atoms with Gasteiger partial charge >= 0.3 is 0 Å². The minimum Gasteiger partial charge on any atom is -0.254 e. The standard InChI is InChI=1S/C3H3Cl3N2O/c4-3(5,6)2-7-1-8-9-2/h1-2H,(H,7,8). The van der Waals surface area contributed by atoms with E-state index < -0.39 is 10.0 Å². The molecule has 1 heterocycles. The van der Waals surface area contributed by atoms with Crippen LogP contribution in [0.15, 0.2) is 4.99 Å². The molecule has 1 aliphatic rings. The van der Waals surface area contributed by atoms with Crippen LogP contribution in [0.4, 0.5) is 0 Å². The van der Waals surface area contributed by atoms with Gasteiger partial charge in [-0.2, -0.15) is 0 Å². The van der Waals surface area contributed by atoms with Gasteiger partial charge in [-0.05, 0) is 0 Å². The maximum atomic E-state index is 5.39. The molecule has 0 spiro atoms. The number of hydrogen-bond acceptors (Lipinski definition) is 3. The van der Waals surface area contributed by atoms with Crippen molar-refractivity contribution in [2.75, 3.05) is 0 Å². The molecule has 0 aromatic rings. The number of nitrogens with one attached hydrogen (secondary N) is 1. The van der Waals surface area contributed by atoms with Gasteiger partial charge in [0.1, 0.15) is 6.34 Å². The smallest absolute Gasteiger partial charge is 0.239 e. The van der Waals surface area contributed by atoms with E-state index in [1.807, 2.05) is 0 Å². The van der Waals surface area contributed by atoms with Gasteiger partial charge < -0.3 is 0 Å². The van der Waals surface area contributed by atoms with Crippen molar-refractivity contribution < 1.29 is 4.84 Å². The molecule has 0 amide bonds. The predicted octanol–water partition coefficient (Wildman–Crippen LogP) is 1.25. The van der Waals surface area contributed by atoms with E-state index in [0.29, 0.717) is 0 Å². The van der Waals surface area contributed by atoms with Crippen LogP contribution in [0.1, 0.15) is 0 Å². The van der Waals surface area contributed by atoms with Crippen molar-refractivity contribution in [3.63, 3.8) is 0 Å². The SMILES string of the molecule is ClC(Cl)(Cl)C1N=CNO1. The van der Waals surface area contributed by atoms with Gasteiger partial charge in [-0.15, -0.1) is 0 Å². The number of hydroxylamine groups is 1. The fourth-order valence-corrected chi connectivity index (χ4v) is 0.677. The largest absolute Gasteiger partial charge is 0.254 e. The predicted molar refractivity (Wildman–Crippen MR) is 36.8 cm³/mol. The average molecular weight is 189 g/mol. The highest BCUT2D eigenvalue weighted by Gasteiger charge is 2.35. The van der Waals surface area contributed by atoms with Gasteiger partial charge in [-0.25, -0.2) is 9.83 Å². The van der Waals surface area contributed by atoms with E-state index in [4.69, 9.17) is 34.8 Å². The molecule has 6 heteroatoms. The van der Waals surface area contributed by atoms with E-state index in [-0.39, 0.29) is 0 Å². The molecule has 1 N–H and O–H groups in total. The third kappa shape index (κ3) is 1.86. The monoisotopic (exact) mass is 188 g/mol. The van der Waals surface area contributed by atoms with Crippen molar-refractivity contribution in [2.24, 2.45) is 4.99 Å². The summed E-state index contributed by atoms with van der Waals surface area (Å²) in [6.45, 7) is 0. The Morgan fingerprint density at radius 3 is 2.44 bits per heavy atom. The van der Waals surface area contributed by atoms with Crippen molar-refractivity contribution in [1.29, 1.82) is 0 Å². The lowest BCUT2D eigenvalue weighted by molar-refractivity contribution is 0.0422. The number of aliphatic imine (C=N–C) groups is 1. The minimum atomic E-state index is -1.49. The third-order valence-electron chi connectivity index (χ3n) is 0.722. The maximum absolute atomic E-state index is 5.39. The molecule has 0 aromatic heterocycles. The highest BCUT2D eigenvalue weighted by Crippen LogP contribution is 2.33. The molecule has 0 aliphatic carbocycles. The molecular formula is C3H3Cl3N2O. The van der Waals surface area contributed by atoms with Crippen molar-refractivity contribution >= 4 is 41.1 Å². The van der Waals surface area contributed by atoms with Gasteiger partial charge in [-0.3, -0.25) is 5.48 Å². The van der Waals surface area contributed by atoms with E-state index in [1.165, 1.54) is 6.34 Å². The first-order chi connectivity index (χ1) is 4.11. The summed E-state index contributed by atoms with van der Waals surface area (Å²) in [5.74, 6) is 0. The normalized spacial score (nSPS) is 26.3. The summed E-state index contributed by atoms with van der Waals surface area (Å²) in [6, 6.07) is 0. The molecule has 0 saturated carbocycles. The highest BCUT2D eigenvalue weighted by molar-refractivity contribution is 6.68. The molecule has 1 aliphatic heterocycles. The quantitative estimate of drug-likeness (QED) is 0.582. The minimum absolute atomic E-state index is 0.734. The van der Waals surface area contributed by atoms with E-state index in [2.05, 4.69) is 15.3 Å². The van der Waals surface area contributed by atoms with Gasteiger partial charge in [-0.1, -0.05) is 34.8 Å². The Morgan fingerprint density at radius 1 is 1.56 bits per heavy atom.